The molecule has 2 N–H and O–H groups in total. The van der Waals surface area contributed by atoms with Crippen LogP contribution in [0.2, 0.25) is 0 Å². The topological polar surface area (TPSA) is 70.2 Å². The first-order chi connectivity index (χ1) is 8.00. The molecular formula is C12H10FNO3. The molecule has 4 nitrogen and oxygen atoms in total. The maximum absolute atomic E-state index is 13.5. The van der Waals surface area contributed by atoms with E-state index in [4.69, 9.17) is 5.11 Å². The number of carboxylic acids is 1. The van der Waals surface area contributed by atoms with Crippen LogP contribution in [0.1, 0.15) is 11.3 Å². The van der Waals surface area contributed by atoms with Crippen molar-refractivity contribution in [1.82, 2.24) is 4.98 Å². The first-order valence-corrected chi connectivity index (χ1v) is 5.02. The largest absolute Gasteiger partial charge is 0.481 e. The van der Waals surface area contributed by atoms with Crippen LogP contribution >= 0.6 is 0 Å². The number of fused-ring (bicyclic) bond motifs is 1. The molecule has 0 amide bonds. The second-order valence-electron chi connectivity index (χ2n) is 3.79. The molecule has 17 heavy (non-hydrogen) atoms. The Hall–Kier alpha value is -2.17. The molecule has 2 aromatic rings. The average molecular weight is 235 g/mol. The third-order valence-corrected chi connectivity index (χ3v) is 2.63. The number of benzene rings is 1. The predicted octanol–water partition coefficient (Wildman–Crippen LogP) is 1.60. The van der Waals surface area contributed by atoms with Gasteiger partial charge in [0.25, 0.3) is 0 Å². The van der Waals surface area contributed by atoms with E-state index in [1.807, 2.05) is 0 Å². The molecule has 0 aliphatic rings. The molecule has 0 spiro atoms. The number of para-hydroxylation sites is 1. The number of carbonyl (C=O) groups is 1. The zero-order chi connectivity index (χ0) is 12.6. The SMILES string of the molecule is Cc1[nH]c2c(F)cccc2c(=O)c1CC(=O)O. The van der Waals surface area contributed by atoms with Crippen LogP contribution in [0, 0.1) is 12.7 Å². The second kappa shape index (κ2) is 4.01. The van der Waals surface area contributed by atoms with E-state index >= 15 is 0 Å². The van der Waals surface area contributed by atoms with Crippen molar-refractivity contribution in [3.05, 3.63) is 45.5 Å². The van der Waals surface area contributed by atoms with Gasteiger partial charge in [0.15, 0.2) is 5.43 Å². The molecule has 0 saturated carbocycles. The van der Waals surface area contributed by atoms with Crippen LogP contribution in [-0.2, 0) is 11.2 Å². The number of H-pyrrole nitrogens is 1. The minimum Gasteiger partial charge on any atom is -0.481 e. The van der Waals surface area contributed by atoms with Crippen LogP contribution in [0.15, 0.2) is 23.0 Å². The van der Waals surface area contributed by atoms with Crippen molar-refractivity contribution in [2.24, 2.45) is 0 Å². The number of aromatic nitrogens is 1. The van der Waals surface area contributed by atoms with Crippen molar-refractivity contribution in [2.75, 3.05) is 0 Å². The molecule has 1 heterocycles. The van der Waals surface area contributed by atoms with Gasteiger partial charge in [-0.25, -0.2) is 4.39 Å². The third kappa shape index (κ3) is 1.91. The van der Waals surface area contributed by atoms with Gasteiger partial charge in [-0.3, -0.25) is 9.59 Å². The van der Waals surface area contributed by atoms with E-state index in [2.05, 4.69) is 4.98 Å². The van der Waals surface area contributed by atoms with Gasteiger partial charge in [0.2, 0.25) is 0 Å². The number of halogens is 1. The fraction of sp³-hybridized carbons (Fsp3) is 0.167. The lowest BCUT2D eigenvalue weighted by molar-refractivity contribution is -0.136. The van der Waals surface area contributed by atoms with Gasteiger partial charge in [0.05, 0.1) is 11.9 Å². The normalized spacial score (nSPS) is 10.7. The second-order valence-corrected chi connectivity index (χ2v) is 3.79. The molecule has 0 unspecified atom stereocenters. The number of rotatable bonds is 2. The highest BCUT2D eigenvalue weighted by Gasteiger charge is 2.13. The van der Waals surface area contributed by atoms with E-state index in [1.165, 1.54) is 18.2 Å². The summed E-state index contributed by atoms with van der Waals surface area (Å²) < 4.78 is 13.5. The highest BCUT2D eigenvalue weighted by atomic mass is 19.1. The molecule has 0 aliphatic carbocycles. The van der Waals surface area contributed by atoms with Crippen molar-refractivity contribution in [3.8, 4) is 0 Å². The highest BCUT2D eigenvalue weighted by molar-refractivity contribution is 5.81. The number of aliphatic carboxylic acids is 1. The van der Waals surface area contributed by atoms with Gasteiger partial charge in [-0.15, -0.1) is 0 Å². The summed E-state index contributed by atoms with van der Waals surface area (Å²) in [6.45, 7) is 1.56. The smallest absolute Gasteiger partial charge is 0.308 e. The van der Waals surface area contributed by atoms with Gasteiger partial charge in [0.1, 0.15) is 5.82 Å². The minimum absolute atomic E-state index is 0.115. The molecule has 0 atom stereocenters. The minimum atomic E-state index is -1.09. The quantitative estimate of drug-likeness (QED) is 0.830. The Labute approximate surface area is 95.7 Å². The van der Waals surface area contributed by atoms with Crippen molar-refractivity contribution < 1.29 is 14.3 Å². The van der Waals surface area contributed by atoms with Crippen LogP contribution in [0.25, 0.3) is 10.9 Å². The molecular weight excluding hydrogens is 225 g/mol. The Balaban J connectivity index is 2.81. The summed E-state index contributed by atoms with van der Waals surface area (Å²) in [6.07, 6.45) is -0.367. The van der Waals surface area contributed by atoms with E-state index in [-0.39, 0.29) is 22.9 Å². The summed E-state index contributed by atoms with van der Waals surface area (Å²) in [5.74, 6) is -1.61. The molecule has 88 valence electrons. The van der Waals surface area contributed by atoms with Crippen LogP contribution < -0.4 is 5.43 Å². The number of aromatic amines is 1. The highest BCUT2D eigenvalue weighted by Crippen LogP contribution is 2.14. The van der Waals surface area contributed by atoms with Gasteiger partial charge in [-0.2, -0.15) is 0 Å². The van der Waals surface area contributed by atoms with Gasteiger partial charge in [0, 0.05) is 16.6 Å². The Morgan fingerprint density at radius 1 is 1.47 bits per heavy atom. The summed E-state index contributed by atoms with van der Waals surface area (Å²) in [4.78, 5) is 25.4. The summed E-state index contributed by atoms with van der Waals surface area (Å²) >= 11 is 0. The van der Waals surface area contributed by atoms with E-state index in [0.29, 0.717) is 5.69 Å². The molecule has 0 aliphatic heterocycles. The van der Waals surface area contributed by atoms with Gasteiger partial charge >= 0.3 is 5.97 Å². The lowest BCUT2D eigenvalue weighted by Crippen LogP contribution is -2.17. The summed E-state index contributed by atoms with van der Waals surface area (Å²) in [6, 6.07) is 4.14. The molecule has 5 heteroatoms. The van der Waals surface area contributed by atoms with Crippen molar-refractivity contribution in [1.29, 1.82) is 0 Å². The van der Waals surface area contributed by atoms with Crippen LogP contribution in [0.5, 0.6) is 0 Å². The Morgan fingerprint density at radius 2 is 2.18 bits per heavy atom. The standard InChI is InChI=1S/C12H10FNO3/c1-6-8(5-10(15)16)12(17)7-3-2-4-9(13)11(7)14-6/h2-4H,5H2,1H3,(H,14,17)(H,15,16). The van der Waals surface area contributed by atoms with Crippen LogP contribution in [0.3, 0.4) is 0 Å². The van der Waals surface area contributed by atoms with E-state index in [9.17, 15) is 14.0 Å². The fourth-order valence-corrected chi connectivity index (χ4v) is 1.80. The maximum atomic E-state index is 13.5. The Kier molecular flexibility index (Phi) is 2.67. The lowest BCUT2D eigenvalue weighted by atomic mass is 10.1. The molecule has 1 aromatic carbocycles. The number of nitrogens with one attached hydrogen (secondary N) is 1. The summed E-state index contributed by atoms with van der Waals surface area (Å²) in [5, 5.41) is 8.89. The number of hydrogen-bond donors (Lipinski definition) is 2. The van der Waals surface area contributed by atoms with E-state index in [1.54, 1.807) is 6.92 Å². The molecule has 0 bridgehead atoms. The zero-order valence-electron chi connectivity index (χ0n) is 9.08. The number of aryl methyl sites for hydroxylation is 1. The molecule has 0 fully saturated rings. The fourth-order valence-electron chi connectivity index (χ4n) is 1.80. The van der Waals surface area contributed by atoms with E-state index < -0.39 is 17.2 Å². The number of pyridine rings is 1. The zero-order valence-corrected chi connectivity index (χ0v) is 9.08. The summed E-state index contributed by atoms with van der Waals surface area (Å²) in [5.41, 5.74) is 0.230. The molecule has 0 saturated heterocycles. The van der Waals surface area contributed by atoms with Gasteiger partial charge in [-0.05, 0) is 19.1 Å². The Morgan fingerprint density at radius 3 is 2.82 bits per heavy atom. The lowest BCUT2D eigenvalue weighted by Gasteiger charge is -2.06. The van der Waals surface area contributed by atoms with E-state index in [0.717, 1.165) is 0 Å². The first-order valence-electron chi connectivity index (χ1n) is 5.02. The molecule has 0 radical (unpaired) electrons. The van der Waals surface area contributed by atoms with Gasteiger partial charge < -0.3 is 10.1 Å². The molecule has 1 aromatic heterocycles. The number of hydrogen-bond acceptors (Lipinski definition) is 2. The summed E-state index contributed by atoms with van der Waals surface area (Å²) in [7, 11) is 0. The average Bonchev–Trinajstić information content (AvgIpc) is 2.26. The van der Waals surface area contributed by atoms with Crippen molar-refractivity contribution >= 4 is 16.9 Å². The first kappa shape index (κ1) is 11.3. The Bertz CT molecular complexity index is 661. The number of carboxylic acid groups (broad SMARTS) is 1. The van der Waals surface area contributed by atoms with Gasteiger partial charge in [-0.1, -0.05) is 6.07 Å². The van der Waals surface area contributed by atoms with Crippen molar-refractivity contribution in [3.63, 3.8) is 0 Å². The van der Waals surface area contributed by atoms with Crippen LogP contribution in [0.4, 0.5) is 4.39 Å². The monoisotopic (exact) mass is 235 g/mol. The van der Waals surface area contributed by atoms with Crippen molar-refractivity contribution in [2.45, 2.75) is 13.3 Å². The maximum Gasteiger partial charge on any atom is 0.308 e. The van der Waals surface area contributed by atoms with Crippen LogP contribution in [-0.4, -0.2) is 16.1 Å². The predicted molar refractivity (Wildman–Crippen MR) is 60.6 cm³/mol. The molecule has 2 rings (SSSR count). The third-order valence-electron chi connectivity index (χ3n) is 2.63.